The van der Waals surface area contributed by atoms with Crippen molar-refractivity contribution < 1.29 is 13.3 Å². The number of hydrogen-bond donors (Lipinski definition) is 2. The van der Waals surface area contributed by atoms with E-state index in [1.807, 2.05) is 0 Å². The van der Waals surface area contributed by atoms with E-state index in [4.69, 9.17) is 5.73 Å². The van der Waals surface area contributed by atoms with E-state index in [-0.39, 0.29) is 16.4 Å². The van der Waals surface area contributed by atoms with Gasteiger partial charge in [-0.25, -0.2) is 23.4 Å². The molecule has 0 radical (unpaired) electrons. The van der Waals surface area contributed by atoms with Crippen molar-refractivity contribution in [3.05, 3.63) is 70.7 Å². The van der Waals surface area contributed by atoms with Crippen molar-refractivity contribution in [1.82, 2.24) is 19.4 Å². The smallest absolute Gasteiger partial charge is 0.311 e. The van der Waals surface area contributed by atoms with Crippen LogP contribution in [0.3, 0.4) is 0 Å². The molecule has 0 aliphatic carbocycles. The Morgan fingerprint density at radius 3 is 2.73 bits per heavy atom. The molecule has 0 saturated heterocycles. The fraction of sp³-hybridized carbons (Fsp3) is 0.190. The van der Waals surface area contributed by atoms with Gasteiger partial charge in [0.25, 0.3) is 0 Å². The van der Waals surface area contributed by atoms with Crippen molar-refractivity contribution in [2.45, 2.75) is 17.7 Å². The first kappa shape index (κ1) is 22.1. The van der Waals surface area contributed by atoms with E-state index in [9.17, 15) is 18.5 Å². The van der Waals surface area contributed by atoms with Crippen molar-refractivity contribution in [3.8, 4) is 11.3 Å². The summed E-state index contributed by atoms with van der Waals surface area (Å²) in [6, 6.07) is 11.3. The Morgan fingerprint density at radius 2 is 2.00 bits per heavy atom. The molecule has 3 heterocycles. The first-order valence-corrected chi connectivity index (χ1v) is 11.9. The molecule has 33 heavy (non-hydrogen) atoms. The number of sulfone groups is 1. The van der Waals surface area contributed by atoms with Gasteiger partial charge in [-0.2, -0.15) is 0 Å². The number of fused-ring (bicyclic) bond motifs is 1. The molecule has 0 unspecified atom stereocenters. The topological polar surface area (TPSA) is 158 Å². The molecule has 0 bridgehead atoms. The molecule has 0 fully saturated rings. The van der Waals surface area contributed by atoms with Gasteiger partial charge in [0.15, 0.2) is 9.84 Å². The third kappa shape index (κ3) is 4.90. The van der Waals surface area contributed by atoms with E-state index < -0.39 is 14.8 Å². The average Bonchev–Trinajstić information content (AvgIpc) is 3.25. The molecule has 12 heteroatoms. The summed E-state index contributed by atoms with van der Waals surface area (Å²) < 4.78 is 25.6. The fourth-order valence-electron chi connectivity index (χ4n) is 3.36. The highest BCUT2D eigenvalue weighted by atomic mass is 32.2. The third-order valence-electron chi connectivity index (χ3n) is 5.00. The molecular weight excluding hydrogens is 446 g/mol. The molecular formula is C21H21N7O4S. The van der Waals surface area contributed by atoms with Gasteiger partial charge in [-0.15, -0.1) is 0 Å². The van der Waals surface area contributed by atoms with Crippen LogP contribution in [0.5, 0.6) is 0 Å². The van der Waals surface area contributed by atoms with Gasteiger partial charge in [0.05, 0.1) is 15.5 Å². The van der Waals surface area contributed by atoms with E-state index in [1.54, 1.807) is 53.2 Å². The van der Waals surface area contributed by atoms with Crippen LogP contribution < -0.4 is 11.1 Å². The summed E-state index contributed by atoms with van der Waals surface area (Å²) in [4.78, 5) is 23.6. The molecule has 4 aromatic rings. The summed E-state index contributed by atoms with van der Waals surface area (Å²) >= 11 is 0. The Kier molecular flexibility index (Phi) is 5.92. The van der Waals surface area contributed by atoms with Gasteiger partial charge in [0, 0.05) is 48.6 Å². The van der Waals surface area contributed by atoms with Crippen LogP contribution in [0.4, 0.5) is 17.5 Å². The summed E-state index contributed by atoms with van der Waals surface area (Å²) in [7, 11) is -3.35. The number of nitrogens with two attached hydrogens (primary N) is 1. The van der Waals surface area contributed by atoms with Gasteiger partial charge >= 0.3 is 5.69 Å². The minimum atomic E-state index is -3.35. The maximum absolute atomic E-state index is 11.9. The molecule has 0 aliphatic heterocycles. The standard InChI is InChI=1S/C21H21N7O4S/c1-33(31,32)16-6-2-4-14(12-16)17-13-19-23-10-11-27(19)21(26-17)24-9-3-5-15-7-8-18(28(29)30)20(22)25-15/h2,4,6-8,10-13H,3,5,9H2,1H3,(H2,22,25)(H,24,26). The Balaban J connectivity index is 1.51. The van der Waals surface area contributed by atoms with Gasteiger partial charge in [-0.1, -0.05) is 12.1 Å². The molecule has 0 amide bonds. The predicted molar refractivity (Wildman–Crippen MR) is 124 cm³/mol. The summed E-state index contributed by atoms with van der Waals surface area (Å²) in [6.07, 6.45) is 5.84. The first-order chi connectivity index (χ1) is 15.7. The largest absolute Gasteiger partial charge is 0.378 e. The molecule has 0 spiro atoms. The van der Waals surface area contributed by atoms with E-state index in [1.165, 1.54) is 6.07 Å². The predicted octanol–water partition coefficient (Wildman–Crippen LogP) is 2.73. The van der Waals surface area contributed by atoms with Crippen LogP contribution in [-0.4, -0.2) is 45.5 Å². The number of benzene rings is 1. The number of anilines is 2. The zero-order valence-electron chi connectivity index (χ0n) is 17.7. The lowest BCUT2D eigenvalue weighted by molar-refractivity contribution is -0.384. The lowest BCUT2D eigenvalue weighted by Crippen LogP contribution is -2.10. The summed E-state index contributed by atoms with van der Waals surface area (Å²) in [6.45, 7) is 0.547. The molecule has 11 nitrogen and oxygen atoms in total. The normalized spacial score (nSPS) is 11.5. The monoisotopic (exact) mass is 467 g/mol. The van der Waals surface area contributed by atoms with Crippen LogP contribution in [0.1, 0.15) is 12.1 Å². The van der Waals surface area contributed by atoms with E-state index in [2.05, 4.69) is 20.3 Å². The van der Waals surface area contributed by atoms with Crippen molar-refractivity contribution >= 4 is 32.9 Å². The minimum Gasteiger partial charge on any atom is -0.378 e. The Morgan fingerprint density at radius 1 is 1.18 bits per heavy atom. The van der Waals surface area contributed by atoms with Crippen LogP contribution >= 0.6 is 0 Å². The molecule has 0 atom stereocenters. The van der Waals surface area contributed by atoms with Gasteiger partial charge < -0.3 is 11.1 Å². The van der Waals surface area contributed by atoms with Crippen LogP contribution in [0.25, 0.3) is 16.9 Å². The zero-order chi connectivity index (χ0) is 23.6. The SMILES string of the molecule is CS(=O)(=O)c1cccc(-c2cc3nccn3c(NCCCc3ccc([N+](=O)[O-])c(N)n3)n2)c1. The van der Waals surface area contributed by atoms with E-state index in [0.717, 1.165) is 6.26 Å². The first-order valence-electron chi connectivity index (χ1n) is 10.0. The number of nitrogens with one attached hydrogen (secondary N) is 1. The Labute approximate surface area is 189 Å². The van der Waals surface area contributed by atoms with Crippen LogP contribution in [-0.2, 0) is 16.3 Å². The van der Waals surface area contributed by atoms with Crippen LogP contribution in [0.2, 0.25) is 0 Å². The third-order valence-corrected chi connectivity index (χ3v) is 6.11. The van der Waals surface area contributed by atoms with Crippen molar-refractivity contribution in [1.29, 1.82) is 0 Å². The number of pyridine rings is 1. The van der Waals surface area contributed by atoms with E-state index in [0.29, 0.717) is 47.9 Å². The number of nitrogen functional groups attached to an aromatic ring is 1. The molecule has 3 N–H and O–H groups in total. The number of rotatable bonds is 8. The number of aryl methyl sites for hydroxylation is 1. The second-order valence-corrected chi connectivity index (χ2v) is 9.43. The molecule has 3 aromatic heterocycles. The lowest BCUT2D eigenvalue weighted by atomic mass is 10.1. The molecule has 0 aliphatic rings. The van der Waals surface area contributed by atoms with Gasteiger partial charge in [-0.3, -0.25) is 14.5 Å². The van der Waals surface area contributed by atoms with Gasteiger partial charge in [0.2, 0.25) is 11.8 Å². The second kappa shape index (κ2) is 8.82. The minimum absolute atomic E-state index is 0.101. The summed E-state index contributed by atoms with van der Waals surface area (Å²) in [5.74, 6) is 0.456. The molecule has 1 aromatic carbocycles. The van der Waals surface area contributed by atoms with Gasteiger partial charge in [0.1, 0.15) is 5.65 Å². The number of nitrogens with zero attached hydrogens (tertiary/aromatic N) is 5. The summed E-state index contributed by atoms with van der Waals surface area (Å²) in [5, 5.41) is 14.1. The number of aromatic nitrogens is 4. The maximum Gasteiger partial charge on any atom is 0.311 e. The Bertz CT molecular complexity index is 1450. The maximum atomic E-state index is 11.9. The molecule has 0 saturated carbocycles. The van der Waals surface area contributed by atoms with Crippen molar-refractivity contribution in [2.75, 3.05) is 23.9 Å². The number of hydrogen-bond acceptors (Lipinski definition) is 9. The van der Waals surface area contributed by atoms with Gasteiger partial charge in [-0.05, 0) is 31.0 Å². The van der Waals surface area contributed by atoms with Crippen molar-refractivity contribution in [3.63, 3.8) is 0 Å². The van der Waals surface area contributed by atoms with Crippen molar-refractivity contribution in [2.24, 2.45) is 0 Å². The summed E-state index contributed by atoms with van der Waals surface area (Å²) in [5.41, 5.74) is 8.02. The van der Waals surface area contributed by atoms with Crippen LogP contribution in [0.15, 0.2) is 59.8 Å². The molecule has 170 valence electrons. The van der Waals surface area contributed by atoms with E-state index >= 15 is 0 Å². The molecule has 4 rings (SSSR count). The highest BCUT2D eigenvalue weighted by Gasteiger charge is 2.14. The van der Waals surface area contributed by atoms with Crippen LogP contribution in [0, 0.1) is 10.1 Å². The average molecular weight is 468 g/mol. The zero-order valence-corrected chi connectivity index (χ0v) is 18.5. The Hall–Kier alpha value is -4.06. The lowest BCUT2D eigenvalue weighted by Gasteiger charge is -2.11. The quantitative estimate of drug-likeness (QED) is 0.226. The highest BCUT2D eigenvalue weighted by Crippen LogP contribution is 2.24. The number of nitro groups is 1. The fourth-order valence-corrected chi connectivity index (χ4v) is 4.02. The number of imidazole rings is 1. The highest BCUT2D eigenvalue weighted by molar-refractivity contribution is 7.90. The second-order valence-electron chi connectivity index (χ2n) is 7.41.